The van der Waals surface area contributed by atoms with Crippen molar-refractivity contribution in [2.45, 2.75) is 0 Å². The molecule has 0 radical (unpaired) electrons. The summed E-state index contributed by atoms with van der Waals surface area (Å²) >= 11 is 0. The molecule has 0 aromatic carbocycles. The Morgan fingerprint density at radius 3 is 2.79 bits per heavy atom. The summed E-state index contributed by atoms with van der Waals surface area (Å²) in [6.07, 6.45) is 4.44. The van der Waals surface area contributed by atoms with Gasteiger partial charge in [-0.05, 0) is 24.3 Å². The highest BCUT2D eigenvalue weighted by Gasteiger charge is 2.16. The van der Waals surface area contributed by atoms with E-state index in [-0.39, 0.29) is 22.5 Å². The Balaban J connectivity index is 1.80. The minimum Gasteiger partial charge on any atom is -0.477 e. The predicted octanol–water partition coefficient (Wildman–Crippen LogP) is 1.76. The Morgan fingerprint density at radius 1 is 1.21 bits per heavy atom. The van der Waals surface area contributed by atoms with Crippen molar-refractivity contribution >= 4 is 28.9 Å². The van der Waals surface area contributed by atoms with Crippen LogP contribution in [0.2, 0.25) is 0 Å². The summed E-state index contributed by atoms with van der Waals surface area (Å²) in [4.78, 5) is 32.7. The van der Waals surface area contributed by atoms with Gasteiger partial charge >= 0.3 is 5.97 Å². The van der Waals surface area contributed by atoms with Gasteiger partial charge in [0.1, 0.15) is 28.7 Å². The maximum absolute atomic E-state index is 12.8. The van der Waals surface area contributed by atoms with Crippen LogP contribution in [-0.2, 0) is 0 Å². The number of carboxylic acid groups (broad SMARTS) is 1. The van der Waals surface area contributed by atoms with Gasteiger partial charge in [-0.3, -0.25) is 9.36 Å². The van der Waals surface area contributed by atoms with E-state index in [0.29, 0.717) is 17.5 Å². The van der Waals surface area contributed by atoms with Gasteiger partial charge in [0.25, 0.3) is 5.56 Å². The van der Waals surface area contributed by atoms with Crippen molar-refractivity contribution in [1.29, 1.82) is 0 Å². The summed E-state index contributed by atoms with van der Waals surface area (Å²) in [5.74, 6) is 0.162. The molecule has 0 amide bonds. The lowest BCUT2D eigenvalue weighted by Crippen LogP contribution is -2.21. The van der Waals surface area contributed by atoms with Crippen LogP contribution < -0.4 is 16.2 Å². The minimum atomic E-state index is -1.14. The Kier molecular flexibility index (Phi) is 4.20. The maximum Gasteiger partial charge on any atom is 0.341 e. The molecule has 140 valence electrons. The number of hydrogen-bond acceptors (Lipinski definition) is 7. The van der Waals surface area contributed by atoms with E-state index in [2.05, 4.69) is 25.7 Å². The van der Waals surface area contributed by atoms with Crippen molar-refractivity contribution in [2.75, 3.05) is 17.7 Å². The van der Waals surface area contributed by atoms with Crippen LogP contribution >= 0.6 is 0 Å². The lowest BCUT2D eigenvalue weighted by atomic mass is 10.3. The molecular weight excluding hydrogens is 362 g/mol. The maximum atomic E-state index is 12.8. The van der Waals surface area contributed by atoms with Gasteiger partial charge in [-0.1, -0.05) is 6.07 Å². The van der Waals surface area contributed by atoms with Gasteiger partial charge in [0, 0.05) is 25.5 Å². The SMILES string of the molecule is CNc1cc(Nc2cccn(-c3ccccn3)c2=O)nc2c(C(=O)O)cnn12. The van der Waals surface area contributed by atoms with Gasteiger partial charge in [-0.2, -0.15) is 9.61 Å². The van der Waals surface area contributed by atoms with Crippen molar-refractivity contribution < 1.29 is 9.90 Å². The van der Waals surface area contributed by atoms with E-state index >= 15 is 0 Å². The normalized spacial score (nSPS) is 10.8. The number of fused-ring (bicyclic) bond motifs is 1. The fourth-order valence-electron chi connectivity index (χ4n) is 2.76. The second kappa shape index (κ2) is 6.83. The second-order valence-corrected chi connectivity index (χ2v) is 5.79. The number of aromatic nitrogens is 5. The average molecular weight is 377 g/mol. The second-order valence-electron chi connectivity index (χ2n) is 5.79. The molecular formula is C18H15N7O3. The van der Waals surface area contributed by atoms with Crippen molar-refractivity contribution in [2.24, 2.45) is 0 Å². The molecule has 3 N–H and O–H groups in total. The number of aromatic carboxylic acids is 1. The van der Waals surface area contributed by atoms with Crippen LogP contribution in [0.1, 0.15) is 10.4 Å². The molecule has 0 atom stereocenters. The highest BCUT2D eigenvalue weighted by molar-refractivity contribution is 5.94. The van der Waals surface area contributed by atoms with Crippen LogP contribution in [-0.4, -0.2) is 42.3 Å². The number of nitrogens with zero attached hydrogens (tertiary/aromatic N) is 5. The largest absolute Gasteiger partial charge is 0.477 e. The molecule has 0 aliphatic carbocycles. The first kappa shape index (κ1) is 17.2. The van der Waals surface area contributed by atoms with Gasteiger partial charge in [-0.15, -0.1) is 0 Å². The van der Waals surface area contributed by atoms with E-state index in [1.807, 2.05) is 0 Å². The molecule has 10 nitrogen and oxygen atoms in total. The lowest BCUT2D eigenvalue weighted by molar-refractivity contribution is 0.0699. The molecule has 28 heavy (non-hydrogen) atoms. The Morgan fingerprint density at radius 2 is 2.07 bits per heavy atom. The number of rotatable bonds is 5. The average Bonchev–Trinajstić information content (AvgIpc) is 3.14. The monoisotopic (exact) mass is 377 g/mol. The first-order chi connectivity index (χ1) is 13.6. The van der Waals surface area contributed by atoms with E-state index in [4.69, 9.17) is 0 Å². The Bertz CT molecular complexity index is 1230. The fourth-order valence-corrected chi connectivity index (χ4v) is 2.76. The zero-order valence-corrected chi connectivity index (χ0v) is 14.7. The predicted molar refractivity (Wildman–Crippen MR) is 103 cm³/mol. The molecule has 0 bridgehead atoms. The van der Waals surface area contributed by atoms with Crippen LogP contribution in [0, 0.1) is 0 Å². The van der Waals surface area contributed by atoms with Crippen LogP contribution in [0.25, 0.3) is 11.5 Å². The first-order valence-corrected chi connectivity index (χ1v) is 8.28. The number of anilines is 3. The Hall–Kier alpha value is -4.21. The van der Waals surface area contributed by atoms with Crippen LogP contribution in [0.4, 0.5) is 17.3 Å². The number of carbonyl (C=O) groups is 1. The molecule has 0 saturated carbocycles. The van der Waals surface area contributed by atoms with Gasteiger partial charge in [0.05, 0.1) is 6.20 Å². The molecule has 4 aromatic heterocycles. The minimum absolute atomic E-state index is 0.0425. The Labute approximate surface area is 158 Å². The highest BCUT2D eigenvalue weighted by Crippen LogP contribution is 2.20. The molecule has 0 unspecified atom stereocenters. The fraction of sp³-hybridized carbons (Fsp3) is 0.0556. The van der Waals surface area contributed by atoms with E-state index in [1.54, 1.807) is 55.8 Å². The van der Waals surface area contributed by atoms with Crippen LogP contribution in [0.3, 0.4) is 0 Å². The quantitative estimate of drug-likeness (QED) is 0.480. The molecule has 0 fully saturated rings. The summed E-state index contributed by atoms with van der Waals surface area (Å²) in [6, 6.07) is 10.2. The number of carboxylic acids is 1. The number of nitrogens with one attached hydrogen (secondary N) is 2. The molecule has 4 heterocycles. The third kappa shape index (κ3) is 2.92. The van der Waals surface area contributed by atoms with Gasteiger partial charge < -0.3 is 15.7 Å². The zero-order valence-electron chi connectivity index (χ0n) is 14.7. The van der Waals surface area contributed by atoms with Crippen molar-refractivity contribution in [3.63, 3.8) is 0 Å². The molecule has 0 aliphatic heterocycles. The summed E-state index contributed by atoms with van der Waals surface area (Å²) in [6.45, 7) is 0. The molecule has 0 spiro atoms. The molecule has 10 heteroatoms. The highest BCUT2D eigenvalue weighted by atomic mass is 16.4. The lowest BCUT2D eigenvalue weighted by Gasteiger charge is -2.11. The van der Waals surface area contributed by atoms with Crippen molar-refractivity contribution in [3.8, 4) is 5.82 Å². The van der Waals surface area contributed by atoms with E-state index < -0.39 is 5.97 Å². The molecule has 4 rings (SSSR count). The topological polar surface area (TPSA) is 126 Å². The third-order valence-electron chi connectivity index (χ3n) is 4.06. The number of pyridine rings is 2. The van der Waals surface area contributed by atoms with Crippen molar-refractivity contribution in [1.82, 2.24) is 24.1 Å². The standard InChI is InChI=1S/C18H15N7O3/c1-19-15-9-13(23-16-11(18(27)28)10-21-25(15)16)22-12-5-4-8-24(17(12)26)14-6-2-3-7-20-14/h2-10,19H,1H3,(H,22,23)(H,27,28). The summed E-state index contributed by atoms with van der Waals surface area (Å²) in [7, 11) is 1.68. The summed E-state index contributed by atoms with van der Waals surface area (Å²) in [5.41, 5.74) is 0.0613. The zero-order chi connectivity index (χ0) is 19.7. The summed E-state index contributed by atoms with van der Waals surface area (Å²) < 4.78 is 2.78. The first-order valence-electron chi connectivity index (χ1n) is 8.28. The smallest absolute Gasteiger partial charge is 0.341 e. The van der Waals surface area contributed by atoms with Gasteiger partial charge in [0.2, 0.25) is 0 Å². The van der Waals surface area contributed by atoms with Crippen LogP contribution in [0.15, 0.2) is 59.8 Å². The van der Waals surface area contributed by atoms with Gasteiger partial charge in [-0.25, -0.2) is 14.8 Å². The van der Waals surface area contributed by atoms with Gasteiger partial charge in [0.15, 0.2) is 5.65 Å². The molecule has 0 aliphatic rings. The number of hydrogen-bond donors (Lipinski definition) is 3. The third-order valence-corrected chi connectivity index (χ3v) is 4.06. The summed E-state index contributed by atoms with van der Waals surface area (Å²) in [5, 5.41) is 19.3. The molecule has 4 aromatic rings. The van der Waals surface area contributed by atoms with E-state index in [1.165, 1.54) is 15.3 Å². The van der Waals surface area contributed by atoms with E-state index in [0.717, 1.165) is 0 Å². The van der Waals surface area contributed by atoms with Crippen LogP contribution in [0.5, 0.6) is 0 Å². The van der Waals surface area contributed by atoms with Crippen molar-refractivity contribution in [3.05, 3.63) is 70.9 Å². The molecule has 0 saturated heterocycles. The van der Waals surface area contributed by atoms with E-state index in [9.17, 15) is 14.7 Å².